The summed E-state index contributed by atoms with van der Waals surface area (Å²) in [5.74, 6) is 1.50. The van der Waals surface area contributed by atoms with Crippen LogP contribution in [0, 0.1) is 6.92 Å². The molecule has 0 aliphatic carbocycles. The van der Waals surface area contributed by atoms with Crippen molar-refractivity contribution in [3.63, 3.8) is 0 Å². The van der Waals surface area contributed by atoms with E-state index in [2.05, 4.69) is 15.6 Å². The quantitative estimate of drug-likeness (QED) is 0.338. The number of halogens is 1. The lowest BCUT2D eigenvalue weighted by Gasteiger charge is -2.15. The highest BCUT2D eigenvalue weighted by molar-refractivity contribution is 14.0. The van der Waals surface area contributed by atoms with Crippen LogP contribution in [0.4, 0.5) is 0 Å². The van der Waals surface area contributed by atoms with Gasteiger partial charge in [-0.05, 0) is 39.3 Å². The van der Waals surface area contributed by atoms with Crippen LogP contribution in [-0.4, -0.2) is 45.6 Å². The number of sulfone groups is 1. The Labute approximate surface area is 168 Å². The minimum absolute atomic E-state index is 0. The maximum atomic E-state index is 11.2. The van der Waals surface area contributed by atoms with Gasteiger partial charge in [-0.1, -0.05) is 12.1 Å². The van der Waals surface area contributed by atoms with Gasteiger partial charge in [-0.25, -0.2) is 13.4 Å². The number of rotatable bonds is 8. The van der Waals surface area contributed by atoms with Gasteiger partial charge in [-0.2, -0.15) is 0 Å². The number of nitrogens with one attached hydrogen (secondary N) is 2. The van der Waals surface area contributed by atoms with E-state index in [9.17, 15) is 8.42 Å². The van der Waals surface area contributed by atoms with E-state index in [0.29, 0.717) is 25.6 Å². The summed E-state index contributed by atoms with van der Waals surface area (Å²) in [7, 11) is -2.99. The molecule has 0 bridgehead atoms. The molecule has 0 aromatic heterocycles. The molecule has 8 heteroatoms. The Hall–Kier alpha value is -1.03. The van der Waals surface area contributed by atoms with Crippen LogP contribution in [0.2, 0.25) is 0 Å². The largest absolute Gasteiger partial charge is 0.491 e. The van der Waals surface area contributed by atoms with E-state index in [1.807, 2.05) is 45.9 Å². The monoisotopic (exact) mass is 483 g/mol. The van der Waals surface area contributed by atoms with Crippen LogP contribution in [0.15, 0.2) is 23.2 Å². The molecule has 0 radical (unpaired) electrons. The molecule has 0 unspecified atom stereocenters. The highest BCUT2D eigenvalue weighted by atomic mass is 127. The van der Waals surface area contributed by atoms with Crippen LogP contribution in [0.1, 0.15) is 31.9 Å². The van der Waals surface area contributed by atoms with Gasteiger partial charge in [0.2, 0.25) is 0 Å². The van der Waals surface area contributed by atoms with Crippen molar-refractivity contribution in [2.24, 2.45) is 4.99 Å². The Balaban J connectivity index is 0.00000576. The molecule has 1 aromatic rings. The van der Waals surface area contributed by atoms with Crippen molar-refractivity contribution < 1.29 is 13.2 Å². The topological polar surface area (TPSA) is 79.8 Å². The van der Waals surface area contributed by atoms with Gasteiger partial charge in [-0.3, -0.25) is 0 Å². The third-order valence-corrected chi connectivity index (χ3v) is 4.05. The molecule has 0 atom stereocenters. The number of hydrogen-bond acceptors (Lipinski definition) is 4. The molecule has 1 rings (SSSR count). The predicted molar refractivity (Wildman–Crippen MR) is 115 cm³/mol. The van der Waals surface area contributed by atoms with Crippen LogP contribution >= 0.6 is 24.0 Å². The highest BCUT2D eigenvalue weighted by Gasteiger charge is 2.07. The van der Waals surface area contributed by atoms with E-state index in [1.54, 1.807) is 0 Å². The summed E-state index contributed by atoms with van der Waals surface area (Å²) in [6, 6.07) is 6.05. The van der Waals surface area contributed by atoms with E-state index < -0.39 is 9.84 Å². The molecule has 0 heterocycles. The molecule has 6 nitrogen and oxygen atoms in total. The first-order valence-electron chi connectivity index (χ1n) is 8.17. The zero-order chi connectivity index (χ0) is 18.2. The number of hydrogen-bond donors (Lipinski definition) is 2. The molecular weight excluding hydrogens is 453 g/mol. The lowest BCUT2D eigenvalue weighted by Crippen LogP contribution is -2.39. The zero-order valence-corrected chi connectivity index (χ0v) is 18.8. The second-order valence-corrected chi connectivity index (χ2v) is 8.29. The fourth-order valence-corrected chi connectivity index (χ4v) is 2.49. The maximum absolute atomic E-state index is 11.2. The first kappa shape index (κ1) is 24.0. The minimum atomic E-state index is -2.99. The second-order valence-electron chi connectivity index (χ2n) is 6.03. The van der Waals surface area contributed by atoms with E-state index in [-0.39, 0.29) is 35.8 Å². The summed E-state index contributed by atoms with van der Waals surface area (Å²) < 4.78 is 28.3. The Morgan fingerprint density at radius 3 is 2.52 bits per heavy atom. The minimum Gasteiger partial charge on any atom is -0.491 e. The van der Waals surface area contributed by atoms with Crippen molar-refractivity contribution in [1.82, 2.24) is 10.6 Å². The molecular formula is C17H30IN3O3S. The number of guanidine groups is 1. The molecule has 0 saturated heterocycles. The lowest BCUT2D eigenvalue weighted by molar-refractivity contribution is 0.240. The van der Waals surface area contributed by atoms with Crippen LogP contribution in [0.25, 0.3) is 0 Å². The lowest BCUT2D eigenvalue weighted by atomic mass is 10.1. The highest BCUT2D eigenvalue weighted by Crippen LogP contribution is 2.22. The number of aryl methyl sites for hydroxylation is 1. The molecule has 2 N–H and O–H groups in total. The standard InChI is InChI=1S/C17H29N3O3S.HI/c1-6-18-17(19-9-10-24(5,21)22)20-12-15-8-7-14(4)11-16(15)23-13(2)3;/h7-8,11,13H,6,9-10,12H2,1-5H3,(H2,18,19,20);1H. The van der Waals surface area contributed by atoms with Crippen molar-refractivity contribution >= 4 is 39.8 Å². The van der Waals surface area contributed by atoms with E-state index in [1.165, 1.54) is 6.26 Å². The second kappa shape index (κ2) is 11.6. The normalized spacial score (nSPS) is 11.8. The molecule has 0 fully saturated rings. The summed E-state index contributed by atoms with van der Waals surface area (Å²) in [6.07, 6.45) is 1.32. The number of nitrogens with zero attached hydrogens (tertiary/aromatic N) is 1. The third-order valence-electron chi connectivity index (χ3n) is 3.10. The van der Waals surface area contributed by atoms with Gasteiger partial charge in [0.05, 0.1) is 18.4 Å². The zero-order valence-electron chi connectivity index (χ0n) is 15.6. The van der Waals surface area contributed by atoms with Crippen LogP contribution in [-0.2, 0) is 16.4 Å². The SMILES string of the molecule is CCNC(=NCc1ccc(C)cc1OC(C)C)NCCS(C)(=O)=O.I. The van der Waals surface area contributed by atoms with Gasteiger partial charge in [0.25, 0.3) is 0 Å². The maximum Gasteiger partial charge on any atom is 0.191 e. The van der Waals surface area contributed by atoms with Crippen molar-refractivity contribution in [2.45, 2.75) is 40.3 Å². The van der Waals surface area contributed by atoms with Gasteiger partial charge >= 0.3 is 0 Å². The van der Waals surface area contributed by atoms with Crippen molar-refractivity contribution in [3.8, 4) is 5.75 Å². The number of aliphatic imine (C=N–C) groups is 1. The van der Waals surface area contributed by atoms with Crippen molar-refractivity contribution in [2.75, 3.05) is 25.1 Å². The summed E-state index contributed by atoms with van der Waals surface area (Å²) in [4.78, 5) is 4.52. The summed E-state index contributed by atoms with van der Waals surface area (Å²) in [5, 5.41) is 6.15. The van der Waals surface area contributed by atoms with E-state index >= 15 is 0 Å². The molecule has 0 amide bonds. The molecule has 0 saturated carbocycles. The molecule has 0 aliphatic rings. The van der Waals surface area contributed by atoms with E-state index in [4.69, 9.17) is 4.74 Å². The Bertz CT molecular complexity index is 661. The van der Waals surface area contributed by atoms with Gasteiger partial charge < -0.3 is 15.4 Å². The van der Waals surface area contributed by atoms with Crippen molar-refractivity contribution in [3.05, 3.63) is 29.3 Å². The van der Waals surface area contributed by atoms with Crippen LogP contribution < -0.4 is 15.4 Å². The molecule has 144 valence electrons. The summed E-state index contributed by atoms with van der Waals surface area (Å²) in [5.41, 5.74) is 2.13. The average Bonchev–Trinajstić information content (AvgIpc) is 2.44. The first-order chi connectivity index (χ1) is 11.2. The van der Waals surface area contributed by atoms with Gasteiger partial charge in [0, 0.05) is 24.9 Å². The first-order valence-corrected chi connectivity index (χ1v) is 10.2. The van der Waals surface area contributed by atoms with Gasteiger partial charge in [0.15, 0.2) is 5.96 Å². The van der Waals surface area contributed by atoms with E-state index in [0.717, 1.165) is 16.9 Å². The fourth-order valence-electron chi connectivity index (χ4n) is 2.02. The summed E-state index contributed by atoms with van der Waals surface area (Å²) in [6.45, 7) is 9.46. The van der Waals surface area contributed by atoms with Gasteiger partial charge in [-0.15, -0.1) is 24.0 Å². The molecule has 25 heavy (non-hydrogen) atoms. The van der Waals surface area contributed by atoms with Crippen molar-refractivity contribution in [1.29, 1.82) is 0 Å². The Morgan fingerprint density at radius 1 is 1.28 bits per heavy atom. The Kier molecular flexibility index (Phi) is 11.1. The van der Waals surface area contributed by atoms with Crippen LogP contribution in [0.3, 0.4) is 0 Å². The summed E-state index contributed by atoms with van der Waals surface area (Å²) >= 11 is 0. The molecule has 1 aromatic carbocycles. The predicted octanol–water partition coefficient (Wildman–Crippen LogP) is 2.50. The van der Waals surface area contributed by atoms with Gasteiger partial charge in [0.1, 0.15) is 15.6 Å². The molecule has 0 spiro atoms. The van der Waals surface area contributed by atoms with Crippen LogP contribution in [0.5, 0.6) is 5.75 Å². The Morgan fingerprint density at radius 2 is 1.96 bits per heavy atom. The third kappa shape index (κ3) is 10.5. The number of ether oxygens (including phenoxy) is 1. The fraction of sp³-hybridized carbons (Fsp3) is 0.588. The average molecular weight is 483 g/mol. The smallest absolute Gasteiger partial charge is 0.191 e. The molecule has 0 aliphatic heterocycles. The number of benzene rings is 1.